The minimum Gasteiger partial charge on any atom is -0.494 e. The average molecular weight is 669 g/mol. The molecule has 228 valence electrons. The molecule has 9 heteroatoms. The molecule has 0 fully saturated rings. The first-order valence-electron chi connectivity index (χ1n) is 14.5. The molecule has 0 aliphatic rings. The Kier molecular flexibility index (Phi) is 10.2. The second-order valence-corrected chi connectivity index (χ2v) is 13.0. The Morgan fingerprint density at radius 3 is 2.37 bits per heavy atom. The van der Waals surface area contributed by atoms with Gasteiger partial charge in [-0.3, -0.25) is 4.79 Å². The molecule has 0 amide bonds. The Balaban J connectivity index is 1.92. The molecule has 0 spiro atoms. The molecule has 1 heterocycles. The van der Waals surface area contributed by atoms with Crippen molar-refractivity contribution in [3.63, 3.8) is 0 Å². The van der Waals surface area contributed by atoms with Gasteiger partial charge in [0.05, 0.1) is 36.9 Å². The smallest absolute Gasteiger partial charge is 0.282 e. The van der Waals surface area contributed by atoms with Gasteiger partial charge < -0.3 is 14.2 Å². The molecule has 1 aromatic heterocycles. The van der Waals surface area contributed by atoms with Gasteiger partial charge >= 0.3 is 0 Å². The van der Waals surface area contributed by atoms with Crippen LogP contribution in [0.15, 0.2) is 56.8 Å². The molecule has 0 aliphatic carbocycles. The highest BCUT2D eigenvalue weighted by molar-refractivity contribution is 9.10. The summed E-state index contributed by atoms with van der Waals surface area (Å²) in [6.45, 7) is 17.8. The third kappa shape index (κ3) is 7.24. The Labute approximate surface area is 267 Å². The van der Waals surface area contributed by atoms with Crippen molar-refractivity contribution in [3.8, 4) is 28.6 Å². The summed E-state index contributed by atoms with van der Waals surface area (Å²) in [5, 5.41) is 5.53. The van der Waals surface area contributed by atoms with Crippen molar-refractivity contribution in [2.75, 3.05) is 19.8 Å². The minimum atomic E-state index is -0.284. The van der Waals surface area contributed by atoms with Crippen LogP contribution in [0.4, 0.5) is 0 Å². The zero-order valence-corrected chi connectivity index (χ0v) is 28.4. The topological polar surface area (TPSA) is 74.9 Å². The summed E-state index contributed by atoms with van der Waals surface area (Å²) in [7, 11) is 0. The van der Waals surface area contributed by atoms with Gasteiger partial charge in [0.15, 0.2) is 17.3 Å². The standard InChI is InChI=1S/C34H39BrClN3O4/c1-9-41-27-15-21(5)25(17-24(27)20(3)4)32-38-26-14-12-11-13-23(26)33(40)39(32)37-18-22-16-28(42-10-2)31(30(36)29(22)35)43-19-34(6,7)8/h11-18,20H,9-10,19H2,1-8H3. The Bertz CT molecular complexity index is 1720. The van der Waals surface area contributed by atoms with E-state index in [9.17, 15) is 4.79 Å². The summed E-state index contributed by atoms with van der Waals surface area (Å²) >= 11 is 10.4. The van der Waals surface area contributed by atoms with Gasteiger partial charge in [-0.25, -0.2) is 4.98 Å². The second-order valence-electron chi connectivity index (χ2n) is 11.8. The van der Waals surface area contributed by atoms with Crippen molar-refractivity contribution in [2.45, 2.75) is 61.3 Å². The summed E-state index contributed by atoms with van der Waals surface area (Å²) in [5.74, 6) is 2.40. The molecular weight excluding hydrogens is 630 g/mol. The molecule has 0 N–H and O–H groups in total. The number of halogens is 2. The Morgan fingerprint density at radius 2 is 1.72 bits per heavy atom. The molecule has 0 radical (unpaired) electrons. The van der Waals surface area contributed by atoms with Gasteiger partial charge in [-0.05, 0) is 89.5 Å². The minimum absolute atomic E-state index is 0.0749. The fourth-order valence-corrected chi connectivity index (χ4v) is 5.23. The van der Waals surface area contributed by atoms with E-state index in [4.69, 9.17) is 35.9 Å². The first-order valence-corrected chi connectivity index (χ1v) is 15.6. The normalized spacial score (nSPS) is 12.0. The molecule has 0 saturated carbocycles. The van der Waals surface area contributed by atoms with Crippen LogP contribution in [0.2, 0.25) is 5.02 Å². The molecule has 3 aromatic carbocycles. The molecule has 4 rings (SSSR count). The summed E-state index contributed by atoms with van der Waals surface area (Å²) in [5.41, 5.74) is 3.60. The van der Waals surface area contributed by atoms with E-state index in [-0.39, 0.29) is 16.9 Å². The van der Waals surface area contributed by atoms with E-state index in [1.165, 1.54) is 4.68 Å². The molecule has 7 nitrogen and oxygen atoms in total. The molecule has 0 atom stereocenters. The molecule has 4 aromatic rings. The van der Waals surface area contributed by atoms with Gasteiger partial charge in [-0.15, -0.1) is 0 Å². The first-order chi connectivity index (χ1) is 20.4. The molecule has 0 saturated heterocycles. The van der Waals surface area contributed by atoms with E-state index >= 15 is 0 Å². The van der Waals surface area contributed by atoms with Gasteiger partial charge in [-0.1, -0.05) is 58.4 Å². The Morgan fingerprint density at radius 1 is 1.05 bits per heavy atom. The predicted octanol–water partition coefficient (Wildman–Crippen LogP) is 9.02. The van der Waals surface area contributed by atoms with Crippen LogP contribution >= 0.6 is 27.5 Å². The lowest BCUT2D eigenvalue weighted by molar-refractivity contribution is 0.188. The van der Waals surface area contributed by atoms with Crippen LogP contribution in [0.25, 0.3) is 22.3 Å². The van der Waals surface area contributed by atoms with Gasteiger partial charge in [-0.2, -0.15) is 9.78 Å². The lowest BCUT2D eigenvalue weighted by atomic mass is 9.96. The summed E-state index contributed by atoms with van der Waals surface area (Å²) in [4.78, 5) is 18.8. The van der Waals surface area contributed by atoms with E-state index in [2.05, 4.69) is 56.6 Å². The number of nitrogens with zero attached hydrogens (tertiary/aromatic N) is 3. The fraction of sp³-hybridized carbons (Fsp3) is 0.382. The van der Waals surface area contributed by atoms with Crippen molar-refractivity contribution in [3.05, 3.63) is 79.0 Å². The maximum atomic E-state index is 13.9. The fourth-order valence-electron chi connectivity index (χ4n) is 4.58. The molecule has 0 unspecified atom stereocenters. The highest BCUT2D eigenvalue weighted by Crippen LogP contribution is 2.43. The van der Waals surface area contributed by atoms with Crippen molar-refractivity contribution < 1.29 is 14.2 Å². The predicted molar refractivity (Wildman–Crippen MR) is 180 cm³/mol. The molecule has 0 aliphatic heterocycles. The van der Waals surface area contributed by atoms with Gasteiger partial charge in [0.1, 0.15) is 10.8 Å². The van der Waals surface area contributed by atoms with Crippen LogP contribution in [0.3, 0.4) is 0 Å². The second kappa shape index (κ2) is 13.5. The van der Waals surface area contributed by atoms with Crippen LogP contribution in [-0.4, -0.2) is 35.7 Å². The summed E-state index contributed by atoms with van der Waals surface area (Å²) in [6.07, 6.45) is 1.58. The number of aromatic nitrogens is 2. The SMILES string of the molecule is CCOc1cc(C)c(-c2nc3ccccc3c(=O)n2N=Cc2cc(OCC)c(OCC(C)(C)C)c(Cl)c2Br)cc1C(C)C. The van der Waals surface area contributed by atoms with Crippen molar-refractivity contribution in [1.82, 2.24) is 9.66 Å². The van der Waals surface area contributed by atoms with E-state index in [0.717, 1.165) is 22.4 Å². The maximum Gasteiger partial charge on any atom is 0.282 e. The van der Waals surface area contributed by atoms with Crippen LogP contribution in [0.1, 0.15) is 71.1 Å². The van der Waals surface area contributed by atoms with Crippen molar-refractivity contribution in [2.24, 2.45) is 10.5 Å². The van der Waals surface area contributed by atoms with Crippen molar-refractivity contribution >= 4 is 44.6 Å². The number of fused-ring (bicyclic) bond motifs is 1. The zero-order valence-electron chi connectivity index (χ0n) is 26.0. The highest BCUT2D eigenvalue weighted by atomic mass is 79.9. The monoisotopic (exact) mass is 667 g/mol. The number of aryl methyl sites for hydroxylation is 1. The average Bonchev–Trinajstić information content (AvgIpc) is 2.94. The quantitative estimate of drug-likeness (QED) is 0.158. The molecule has 43 heavy (non-hydrogen) atoms. The van der Waals surface area contributed by atoms with E-state index in [1.807, 2.05) is 45.0 Å². The zero-order chi connectivity index (χ0) is 31.5. The Hall–Kier alpha value is -3.36. The molecular formula is C34H39BrClN3O4. The third-order valence-corrected chi connectivity index (χ3v) is 8.13. The van der Waals surface area contributed by atoms with Crippen LogP contribution < -0.4 is 19.8 Å². The number of rotatable bonds is 10. The van der Waals surface area contributed by atoms with E-state index in [0.29, 0.717) is 63.1 Å². The molecule has 0 bridgehead atoms. The van der Waals surface area contributed by atoms with Crippen LogP contribution in [0.5, 0.6) is 17.2 Å². The summed E-state index contributed by atoms with van der Waals surface area (Å²) < 4.78 is 19.9. The lowest BCUT2D eigenvalue weighted by Gasteiger charge is -2.22. The number of ether oxygens (including phenoxy) is 3. The van der Waals surface area contributed by atoms with E-state index < -0.39 is 0 Å². The van der Waals surface area contributed by atoms with Gasteiger partial charge in [0, 0.05) is 15.6 Å². The maximum absolute atomic E-state index is 13.9. The number of para-hydroxylation sites is 1. The van der Waals surface area contributed by atoms with Crippen LogP contribution in [0, 0.1) is 12.3 Å². The number of hydrogen-bond acceptors (Lipinski definition) is 6. The van der Waals surface area contributed by atoms with Gasteiger partial charge in [0.25, 0.3) is 5.56 Å². The number of benzene rings is 3. The van der Waals surface area contributed by atoms with Gasteiger partial charge in [0.2, 0.25) is 0 Å². The van der Waals surface area contributed by atoms with Crippen LogP contribution in [-0.2, 0) is 0 Å². The van der Waals surface area contributed by atoms with Crippen molar-refractivity contribution in [1.29, 1.82) is 0 Å². The number of hydrogen-bond donors (Lipinski definition) is 0. The van der Waals surface area contributed by atoms with E-state index in [1.54, 1.807) is 18.3 Å². The third-order valence-electron chi connectivity index (χ3n) is 6.69. The lowest BCUT2D eigenvalue weighted by Crippen LogP contribution is -2.21. The largest absolute Gasteiger partial charge is 0.494 e. The highest BCUT2D eigenvalue weighted by Gasteiger charge is 2.22. The first kappa shape index (κ1) is 32.6. The summed E-state index contributed by atoms with van der Waals surface area (Å²) in [6, 6.07) is 13.1.